The fourth-order valence-electron chi connectivity index (χ4n) is 2.88. The van der Waals surface area contributed by atoms with Gasteiger partial charge in [-0.3, -0.25) is 0 Å². The van der Waals surface area contributed by atoms with E-state index in [0.717, 1.165) is 24.3 Å². The number of rotatable bonds is 3. The largest absolute Gasteiger partial charge is 0.367 e. The van der Waals surface area contributed by atoms with E-state index < -0.39 is 0 Å². The molecule has 0 bridgehead atoms. The highest BCUT2D eigenvalue weighted by Crippen LogP contribution is 2.32. The molecule has 2 aromatic rings. The second kappa shape index (κ2) is 7.98. The van der Waals surface area contributed by atoms with E-state index in [2.05, 4.69) is 22.3 Å². The average Bonchev–Trinajstić information content (AvgIpc) is 2.63. The third kappa shape index (κ3) is 4.39. The molecule has 6 heteroatoms. The molecule has 0 radical (unpaired) electrons. The number of carbonyl (C=O) groups is 1. The number of halogens is 2. The van der Waals surface area contributed by atoms with Crippen molar-refractivity contribution in [1.29, 1.82) is 0 Å². The molecule has 1 aliphatic rings. The summed E-state index contributed by atoms with van der Waals surface area (Å²) in [6, 6.07) is 13.8. The average molecular weight is 378 g/mol. The van der Waals surface area contributed by atoms with E-state index in [1.54, 1.807) is 6.07 Å². The molecule has 2 aromatic carbocycles. The number of nitrogens with zero attached hydrogens (tertiary/aromatic N) is 2. The molecular weight excluding hydrogens is 357 g/mol. The number of benzene rings is 2. The summed E-state index contributed by atoms with van der Waals surface area (Å²) in [7, 11) is 0. The van der Waals surface area contributed by atoms with E-state index in [1.807, 2.05) is 36.1 Å². The maximum Gasteiger partial charge on any atom is 0.317 e. The summed E-state index contributed by atoms with van der Waals surface area (Å²) in [5.74, 6) is 0. The molecule has 0 aromatic heterocycles. The van der Waals surface area contributed by atoms with Gasteiger partial charge in [0.05, 0.1) is 15.7 Å². The number of hydrogen-bond donors (Lipinski definition) is 1. The summed E-state index contributed by atoms with van der Waals surface area (Å²) in [6.07, 6.45) is 0. The third-order valence-corrected chi connectivity index (χ3v) is 5.21. The lowest BCUT2D eigenvalue weighted by Gasteiger charge is -2.36. The number of urea groups is 1. The Bertz CT molecular complexity index is 741. The Balaban J connectivity index is 1.52. The first kappa shape index (κ1) is 17.9. The van der Waals surface area contributed by atoms with E-state index in [0.29, 0.717) is 29.7 Å². The third-order valence-electron chi connectivity index (χ3n) is 4.40. The minimum Gasteiger partial charge on any atom is -0.367 e. The van der Waals surface area contributed by atoms with Gasteiger partial charge >= 0.3 is 6.03 Å². The predicted octanol–water partition coefficient (Wildman–Crippen LogP) is 4.33. The zero-order chi connectivity index (χ0) is 17.8. The van der Waals surface area contributed by atoms with Gasteiger partial charge in [0, 0.05) is 32.7 Å². The van der Waals surface area contributed by atoms with Crippen LogP contribution in [0.25, 0.3) is 0 Å². The van der Waals surface area contributed by atoms with Crippen molar-refractivity contribution in [2.24, 2.45) is 0 Å². The van der Waals surface area contributed by atoms with Crippen molar-refractivity contribution in [3.05, 3.63) is 63.6 Å². The van der Waals surface area contributed by atoms with Gasteiger partial charge in [-0.25, -0.2) is 4.79 Å². The van der Waals surface area contributed by atoms with Crippen molar-refractivity contribution in [2.45, 2.75) is 13.5 Å². The Kier molecular flexibility index (Phi) is 5.71. The standard InChI is InChI=1S/C19H21Cl2N3O/c1-14-5-7-15(8-6-14)13-22-19(25)24-11-9-23(10-12-24)17-4-2-3-16(20)18(17)21/h2-8H,9-13H2,1H3,(H,22,25). The van der Waals surface area contributed by atoms with Crippen LogP contribution in [0.3, 0.4) is 0 Å². The van der Waals surface area contributed by atoms with Crippen LogP contribution in [0.1, 0.15) is 11.1 Å². The van der Waals surface area contributed by atoms with Crippen molar-refractivity contribution in [1.82, 2.24) is 10.2 Å². The quantitative estimate of drug-likeness (QED) is 0.863. The molecule has 0 saturated carbocycles. The smallest absolute Gasteiger partial charge is 0.317 e. The molecule has 1 heterocycles. The highest BCUT2D eigenvalue weighted by molar-refractivity contribution is 6.43. The first-order valence-corrected chi connectivity index (χ1v) is 9.07. The van der Waals surface area contributed by atoms with Crippen molar-refractivity contribution in [2.75, 3.05) is 31.1 Å². The maximum atomic E-state index is 12.4. The van der Waals surface area contributed by atoms with Crippen molar-refractivity contribution in [3.63, 3.8) is 0 Å². The van der Waals surface area contributed by atoms with Gasteiger partial charge in [0.25, 0.3) is 0 Å². The molecule has 132 valence electrons. The highest BCUT2D eigenvalue weighted by atomic mass is 35.5. The number of anilines is 1. The van der Waals surface area contributed by atoms with Gasteiger partial charge in [0.2, 0.25) is 0 Å². The predicted molar refractivity (Wildman–Crippen MR) is 104 cm³/mol. The summed E-state index contributed by atoms with van der Waals surface area (Å²) in [4.78, 5) is 16.4. The van der Waals surface area contributed by atoms with Crippen molar-refractivity contribution >= 4 is 34.9 Å². The Morgan fingerprint density at radius 1 is 1.04 bits per heavy atom. The highest BCUT2D eigenvalue weighted by Gasteiger charge is 2.22. The number of hydrogen-bond acceptors (Lipinski definition) is 2. The molecule has 1 saturated heterocycles. The first-order valence-electron chi connectivity index (χ1n) is 8.32. The molecule has 0 atom stereocenters. The summed E-state index contributed by atoms with van der Waals surface area (Å²) in [5.41, 5.74) is 3.24. The van der Waals surface area contributed by atoms with E-state index in [-0.39, 0.29) is 6.03 Å². The SMILES string of the molecule is Cc1ccc(CNC(=O)N2CCN(c3cccc(Cl)c3Cl)CC2)cc1. The Labute approximate surface area is 158 Å². The number of amides is 2. The van der Waals surface area contributed by atoms with E-state index in [4.69, 9.17) is 23.2 Å². The zero-order valence-corrected chi connectivity index (χ0v) is 15.6. The molecule has 1 fully saturated rings. The topological polar surface area (TPSA) is 35.6 Å². The van der Waals surface area contributed by atoms with Crippen LogP contribution in [0.15, 0.2) is 42.5 Å². The van der Waals surface area contributed by atoms with Crippen LogP contribution >= 0.6 is 23.2 Å². The van der Waals surface area contributed by atoms with Gasteiger partial charge in [-0.1, -0.05) is 59.1 Å². The van der Waals surface area contributed by atoms with Gasteiger partial charge < -0.3 is 15.1 Å². The van der Waals surface area contributed by atoms with Crippen molar-refractivity contribution in [3.8, 4) is 0 Å². The van der Waals surface area contributed by atoms with Gasteiger partial charge in [0.15, 0.2) is 0 Å². The lowest BCUT2D eigenvalue weighted by Crippen LogP contribution is -2.51. The molecule has 1 N–H and O–H groups in total. The fraction of sp³-hybridized carbons (Fsp3) is 0.316. The van der Waals surface area contributed by atoms with Crippen LogP contribution in [0.4, 0.5) is 10.5 Å². The molecule has 4 nitrogen and oxygen atoms in total. The molecule has 0 spiro atoms. The van der Waals surface area contributed by atoms with Crippen LogP contribution in [-0.2, 0) is 6.54 Å². The molecule has 25 heavy (non-hydrogen) atoms. The Hall–Kier alpha value is -1.91. The van der Waals surface area contributed by atoms with Crippen LogP contribution in [0.2, 0.25) is 10.0 Å². The lowest BCUT2D eigenvalue weighted by atomic mass is 10.1. The number of carbonyl (C=O) groups excluding carboxylic acids is 1. The summed E-state index contributed by atoms with van der Waals surface area (Å²) < 4.78 is 0. The summed E-state index contributed by atoms with van der Waals surface area (Å²) in [5, 5.41) is 4.11. The number of aryl methyl sites for hydroxylation is 1. The number of nitrogens with one attached hydrogen (secondary N) is 1. The van der Waals surface area contributed by atoms with Crippen LogP contribution in [0, 0.1) is 6.92 Å². The summed E-state index contributed by atoms with van der Waals surface area (Å²) in [6.45, 7) is 5.37. The molecule has 0 unspecified atom stereocenters. The maximum absolute atomic E-state index is 12.4. The van der Waals surface area contributed by atoms with Gasteiger partial charge in [0.1, 0.15) is 0 Å². The van der Waals surface area contributed by atoms with Crippen LogP contribution < -0.4 is 10.2 Å². The first-order chi connectivity index (χ1) is 12.0. The fourth-order valence-corrected chi connectivity index (χ4v) is 3.30. The van der Waals surface area contributed by atoms with E-state index in [9.17, 15) is 4.79 Å². The zero-order valence-electron chi connectivity index (χ0n) is 14.1. The Morgan fingerprint density at radius 3 is 2.40 bits per heavy atom. The molecule has 0 aliphatic carbocycles. The van der Waals surface area contributed by atoms with Gasteiger partial charge in [-0.2, -0.15) is 0 Å². The lowest BCUT2D eigenvalue weighted by molar-refractivity contribution is 0.194. The van der Waals surface area contributed by atoms with Crippen molar-refractivity contribution < 1.29 is 4.79 Å². The Morgan fingerprint density at radius 2 is 1.72 bits per heavy atom. The van der Waals surface area contributed by atoms with E-state index in [1.165, 1.54) is 5.56 Å². The van der Waals surface area contributed by atoms with Crippen LogP contribution in [0.5, 0.6) is 0 Å². The van der Waals surface area contributed by atoms with Crippen LogP contribution in [-0.4, -0.2) is 37.1 Å². The normalized spacial score (nSPS) is 14.5. The molecule has 1 aliphatic heterocycles. The minimum absolute atomic E-state index is 0.0302. The minimum atomic E-state index is -0.0302. The molecule has 2 amide bonds. The second-order valence-electron chi connectivity index (χ2n) is 6.19. The monoisotopic (exact) mass is 377 g/mol. The second-order valence-corrected chi connectivity index (χ2v) is 6.98. The summed E-state index contributed by atoms with van der Waals surface area (Å²) >= 11 is 12.4. The van der Waals surface area contributed by atoms with Gasteiger partial charge in [-0.15, -0.1) is 0 Å². The van der Waals surface area contributed by atoms with Gasteiger partial charge in [-0.05, 0) is 24.6 Å². The molecule has 3 rings (SSSR count). The molecular formula is C19H21Cl2N3O. The van der Waals surface area contributed by atoms with E-state index >= 15 is 0 Å². The number of piperazine rings is 1.